The molecule has 0 saturated carbocycles. The van der Waals surface area contributed by atoms with Gasteiger partial charge >= 0.3 is 0 Å². The van der Waals surface area contributed by atoms with Gasteiger partial charge in [0, 0.05) is 17.0 Å². The van der Waals surface area contributed by atoms with E-state index in [1.807, 2.05) is 5.51 Å². The summed E-state index contributed by atoms with van der Waals surface area (Å²) in [6.45, 7) is 10.8. The predicted octanol–water partition coefficient (Wildman–Crippen LogP) is 4.48. The number of rotatable bonds is 4. The average Bonchev–Trinajstić information content (AvgIpc) is 2.75. The Morgan fingerprint density at radius 2 is 1.84 bits per heavy atom. The third-order valence-corrected chi connectivity index (χ3v) is 4.68. The van der Waals surface area contributed by atoms with Crippen molar-refractivity contribution in [1.82, 2.24) is 10.3 Å². The van der Waals surface area contributed by atoms with Crippen LogP contribution in [0.4, 0.5) is 0 Å². The van der Waals surface area contributed by atoms with Crippen molar-refractivity contribution < 1.29 is 0 Å². The Labute approximate surface area is 119 Å². The highest BCUT2D eigenvalue weighted by Crippen LogP contribution is 2.26. The number of thiazole rings is 1. The fourth-order valence-electron chi connectivity index (χ4n) is 2.58. The monoisotopic (exact) mass is 274 g/mol. The Hall–Kier alpha value is -1.19. The number of hydrogen-bond donors (Lipinski definition) is 1. The van der Waals surface area contributed by atoms with Crippen LogP contribution in [0, 0.1) is 20.8 Å². The number of hydrogen-bond acceptors (Lipinski definition) is 3. The molecular weight excluding hydrogens is 252 g/mol. The zero-order valence-corrected chi connectivity index (χ0v) is 13.1. The van der Waals surface area contributed by atoms with Gasteiger partial charge in [-0.05, 0) is 45.7 Å². The highest BCUT2D eigenvalue weighted by atomic mass is 32.1. The van der Waals surface area contributed by atoms with E-state index in [1.54, 1.807) is 11.3 Å². The minimum absolute atomic E-state index is 0.336. The van der Waals surface area contributed by atoms with Gasteiger partial charge in [-0.1, -0.05) is 23.8 Å². The smallest absolute Gasteiger partial charge is 0.0798 e. The van der Waals surface area contributed by atoms with E-state index in [4.69, 9.17) is 0 Å². The Morgan fingerprint density at radius 3 is 2.42 bits per heavy atom. The molecule has 19 heavy (non-hydrogen) atoms. The van der Waals surface area contributed by atoms with E-state index < -0.39 is 0 Å². The van der Waals surface area contributed by atoms with Gasteiger partial charge in [0.15, 0.2) is 0 Å². The van der Waals surface area contributed by atoms with Gasteiger partial charge in [0.1, 0.15) is 0 Å². The first kappa shape index (κ1) is 14.2. The lowest BCUT2D eigenvalue weighted by Crippen LogP contribution is -2.23. The molecule has 0 aliphatic carbocycles. The van der Waals surface area contributed by atoms with Crippen LogP contribution in [-0.4, -0.2) is 4.98 Å². The molecule has 0 spiro atoms. The number of nitrogens with one attached hydrogen (secondary N) is 1. The van der Waals surface area contributed by atoms with Gasteiger partial charge in [0.05, 0.1) is 11.2 Å². The van der Waals surface area contributed by atoms with E-state index in [0.717, 1.165) is 5.69 Å². The molecule has 2 unspecified atom stereocenters. The first-order chi connectivity index (χ1) is 8.99. The second kappa shape index (κ2) is 5.85. The second-order valence-corrected chi connectivity index (χ2v) is 6.16. The van der Waals surface area contributed by atoms with Crippen LogP contribution in [0.15, 0.2) is 23.7 Å². The van der Waals surface area contributed by atoms with Gasteiger partial charge in [0.2, 0.25) is 0 Å². The predicted molar refractivity (Wildman–Crippen MR) is 82.7 cm³/mol. The molecule has 1 aromatic heterocycles. The van der Waals surface area contributed by atoms with Crippen LogP contribution in [-0.2, 0) is 0 Å². The zero-order chi connectivity index (χ0) is 14.0. The highest BCUT2D eigenvalue weighted by molar-refractivity contribution is 7.09. The van der Waals surface area contributed by atoms with Gasteiger partial charge in [-0.2, -0.15) is 0 Å². The summed E-state index contributed by atoms with van der Waals surface area (Å²) in [6.07, 6.45) is 0. The molecule has 0 radical (unpaired) electrons. The molecule has 0 saturated heterocycles. The molecule has 2 aromatic rings. The highest BCUT2D eigenvalue weighted by Gasteiger charge is 2.15. The maximum atomic E-state index is 4.33. The molecule has 0 bridgehead atoms. The lowest BCUT2D eigenvalue weighted by molar-refractivity contribution is 0.496. The largest absolute Gasteiger partial charge is 0.303 e. The van der Waals surface area contributed by atoms with Crippen molar-refractivity contribution in [2.45, 2.75) is 46.7 Å². The summed E-state index contributed by atoms with van der Waals surface area (Å²) >= 11 is 1.73. The maximum Gasteiger partial charge on any atom is 0.0798 e. The molecule has 0 aliphatic rings. The lowest BCUT2D eigenvalue weighted by Gasteiger charge is -2.21. The molecule has 0 aliphatic heterocycles. The summed E-state index contributed by atoms with van der Waals surface area (Å²) in [7, 11) is 0. The van der Waals surface area contributed by atoms with E-state index in [2.05, 4.69) is 63.1 Å². The van der Waals surface area contributed by atoms with Crippen molar-refractivity contribution in [2.75, 3.05) is 0 Å². The molecule has 1 heterocycles. The summed E-state index contributed by atoms with van der Waals surface area (Å²) in [5, 5.41) is 3.67. The van der Waals surface area contributed by atoms with E-state index in [0.29, 0.717) is 12.1 Å². The van der Waals surface area contributed by atoms with Gasteiger partial charge in [-0.15, -0.1) is 11.3 Å². The quantitative estimate of drug-likeness (QED) is 0.889. The first-order valence-electron chi connectivity index (χ1n) is 6.72. The molecule has 2 rings (SSSR count). The van der Waals surface area contributed by atoms with Crippen molar-refractivity contribution in [3.63, 3.8) is 0 Å². The number of aryl methyl sites for hydroxylation is 3. The number of benzene rings is 1. The standard InChI is InChI=1S/C16H22N2S/c1-10-6-7-15(11(2)8-10)12(3)18-14(5)16-13(4)17-9-19-16/h6-9,12,14,18H,1-5H3. The van der Waals surface area contributed by atoms with E-state index in [-0.39, 0.29) is 0 Å². The summed E-state index contributed by atoms with van der Waals surface area (Å²) in [4.78, 5) is 5.66. The van der Waals surface area contributed by atoms with Crippen LogP contribution in [0.5, 0.6) is 0 Å². The van der Waals surface area contributed by atoms with Crippen LogP contribution >= 0.6 is 11.3 Å². The average molecular weight is 274 g/mol. The SMILES string of the molecule is Cc1ccc(C(C)NC(C)c2scnc2C)c(C)c1. The molecule has 1 N–H and O–H groups in total. The molecule has 2 nitrogen and oxygen atoms in total. The van der Waals surface area contributed by atoms with Crippen molar-refractivity contribution >= 4 is 11.3 Å². The molecule has 2 atom stereocenters. The molecule has 0 fully saturated rings. The molecule has 102 valence electrons. The van der Waals surface area contributed by atoms with Crippen LogP contribution < -0.4 is 5.32 Å². The number of nitrogens with zero attached hydrogens (tertiary/aromatic N) is 1. The fraction of sp³-hybridized carbons (Fsp3) is 0.438. The molecule has 1 aromatic carbocycles. The van der Waals surface area contributed by atoms with E-state index in [9.17, 15) is 0 Å². The summed E-state index contributed by atoms with van der Waals surface area (Å²) in [6, 6.07) is 7.34. The van der Waals surface area contributed by atoms with Gasteiger partial charge in [-0.3, -0.25) is 0 Å². The summed E-state index contributed by atoms with van der Waals surface area (Å²) in [5.74, 6) is 0. The zero-order valence-electron chi connectivity index (χ0n) is 12.3. The lowest BCUT2D eigenvalue weighted by atomic mass is 9.99. The van der Waals surface area contributed by atoms with Crippen LogP contribution in [0.3, 0.4) is 0 Å². The summed E-state index contributed by atoms with van der Waals surface area (Å²) in [5.41, 5.74) is 7.11. The van der Waals surface area contributed by atoms with E-state index >= 15 is 0 Å². The molecule has 3 heteroatoms. The first-order valence-corrected chi connectivity index (χ1v) is 7.60. The Balaban J connectivity index is 2.13. The summed E-state index contributed by atoms with van der Waals surface area (Å²) < 4.78 is 0. The Kier molecular flexibility index (Phi) is 4.38. The van der Waals surface area contributed by atoms with Crippen LogP contribution in [0.2, 0.25) is 0 Å². The second-order valence-electron chi connectivity index (χ2n) is 5.27. The maximum absolute atomic E-state index is 4.33. The van der Waals surface area contributed by atoms with E-state index in [1.165, 1.54) is 21.6 Å². The minimum atomic E-state index is 0.336. The topological polar surface area (TPSA) is 24.9 Å². The minimum Gasteiger partial charge on any atom is -0.303 e. The Morgan fingerprint density at radius 1 is 1.11 bits per heavy atom. The van der Waals surface area contributed by atoms with Crippen molar-refractivity contribution in [3.05, 3.63) is 51.0 Å². The molecule has 0 amide bonds. The number of aromatic nitrogens is 1. The van der Waals surface area contributed by atoms with Crippen molar-refractivity contribution in [2.24, 2.45) is 0 Å². The van der Waals surface area contributed by atoms with Crippen LogP contribution in [0.1, 0.15) is 53.2 Å². The third kappa shape index (κ3) is 3.23. The normalized spacial score (nSPS) is 14.4. The van der Waals surface area contributed by atoms with Crippen LogP contribution in [0.25, 0.3) is 0 Å². The Bertz CT molecular complexity index is 560. The molecular formula is C16H22N2S. The fourth-order valence-corrected chi connectivity index (χ4v) is 3.40. The van der Waals surface area contributed by atoms with Crippen molar-refractivity contribution in [3.8, 4) is 0 Å². The third-order valence-electron chi connectivity index (χ3n) is 3.57. The van der Waals surface area contributed by atoms with Gasteiger partial charge < -0.3 is 5.32 Å². The van der Waals surface area contributed by atoms with Gasteiger partial charge in [0.25, 0.3) is 0 Å². The van der Waals surface area contributed by atoms with Crippen molar-refractivity contribution in [1.29, 1.82) is 0 Å². The van der Waals surface area contributed by atoms with Gasteiger partial charge in [-0.25, -0.2) is 4.98 Å².